The number of benzene rings is 2. The molecule has 0 fully saturated rings. The number of rotatable bonds is 2. The molecule has 0 saturated carbocycles. The second-order valence-electron chi connectivity index (χ2n) is 5.71. The molecule has 2 heterocycles. The van der Waals surface area contributed by atoms with Crippen LogP contribution in [0.15, 0.2) is 65.5 Å². The molecule has 2 N–H and O–H groups in total. The lowest BCUT2D eigenvalue weighted by molar-refractivity contribution is 0.786. The Morgan fingerprint density at radius 2 is 1.83 bits per heavy atom. The maximum atomic E-state index is 12.5. The predicted octanol–water partition coefficient (Wildman–Crippen LogP) is 3.83. The molecule has 0 unspecified atom stereocenters. The molecule has 0 radical (unpaired) electrons. The van der Waals surface area contributed by atoms with Gasteiger partial charge in [-0.2, -0.15) is 0 Å². The van der Waals surface area contributed by atoms with Crippen LogP contribution in [0.5, 0.6) is 0 Å². The highest BCUT2D eigenvalue weighted by molar-refractivity contribution is 6.31. The number of fused-ring (bicyclic) bond motifs is 2. The monoisotopic (exact) mass is 335 g/mol. The van der Waals surface area contributed by atoms with Crippen molar-refractivity contribution in [2.45, 2.75) is 6.54 Å². The lowest BCUT2D eigenvalue weighted by Gasteiger charge is -2.12. The van der Waals surface area contributed by atoms with Crippen molar-refractivity contribution in [1.82, 2.24) is 9.55 Å². The van der Waals surface area contributed by atoms with E-state index in [0.29, 0.717) is 22.9 Å². The molecule has 5 heteroatoms. The van der Waals surface area contributed by atoms with E-state index in [0.717, 1.165) is 21.9 Å². The van der Waals surface area contributed by atoms with Crippen LogP contribution in [0.3, 0.4) is 0 Å². The second-order valence-corrected chi connectivity index (χ2v) is 6.14. The first-order valence-corrected chi connectivity index (χ1v) is 7.93. The van der Waals surface area contributed by atoms with E-state index < -0.39 is 0 Å². The van der Waals surface area contributed by atoms with Crippen LogP contribution in [-0.4, -0.2) is 9.55 Å². The van der Waals surface area contributed by atoms with Crippen LogP contribution in [0.25, 0.3) is 21.9 Å². The fourth-order valence-corrected chi connectivity index (χ4v) is 3.03. The zero-order chi connectivity index (χ0) is 16.7. The molecule has 4 nitrogen and oxygen atoms in total. The summed E-state index contributed by atoms with van der Waals surface area (Å²) in [6.07, 6.45) is 0. The van der Waals surface area contributed by atoms with Crippen molar-refractivity contribution in [2.75, 3.05) is 5.73 Å². The Balaban J connectivity index is 2.02. The Bertz CT molecular complexity index is 1120. The highest BCUT2D eigenvalue weighted by Gasteiger charge is 2.11. The summed E-state index contributed by atoms with van der Waals surface area (Å²) in [5.41, 5.74) is 8.66. The summed E-state index contributed by atoms with van der Waals surface area (Å²) in [5.74, 6) is 0. The maximum Gasteiger partial charge on any atom is 0.254 e. The summed E-state index contributed by atoms with van der Waals surface area (Å²) in [7, 11) is 0. The smallest absolute Gasteiger partial charge is 0.254 e. The van der Waals surface area contributed by atoms with Crippen molar-refractivity contribution in [3.8, 4) is 0 Å². The van der Waals surface area contributed by atoms with Crippen LogP contribution in [-0.2, 0) is 6.54 Å². The summed E-state index contributed by atoms with van der Waals surface area (Å²) in [6, 6.07) is 18.7. The van der Waals surface area contributed by atoms with Crippen LogP contribution in [0.1, 0.15) is 5.56 Å². The normalized spacial score (nSPS) is 11.2. The van der Waals surface area contributed by atoms with E-state index in [1.807, 2.05) is 48.5 Å². The summed E-state index contributed by atoms with van der Waals surface area (Å²) in [6.45, 7) is 0.440. The van der Waals surface area contributed by atoms with Gasteiger partial charge in [0.2, 0.25) is 0 Å². The van der Waals surface area contributed by atoms with Gasteiger partial charge in [0.05, 0.1) is 12.1 Å². The first-order chi connectivity index (χ1) is 11.6. The third-order valence-electron chi connectivity index (χ3n) is 4.05. The van der Waals surface area contributed by atoms with Gasteiger partial charge in [0.25, 0.3) is 5.56 Å². The fraction of sp³-hybridized carbons (Fsp3) is 0.0526. The molecule has 0 saturated heterocycles. The standard InChI is InChI=1S/C19H14ClN3O/c20-14-7-6-13-8-15-16(21)10-18(24)23(19(15)22-17(13)9-14)11-12-4-2-1-3-5-12/h1-10H,11,21H2. The summed E-state index contributed by atoms with van der Waals surface area (Å²) >= 11 is 6.07. The maximum absolute atomic E-state index is 12.5. The van der Waals surface area contributed by atoms with E-state index in [-0.39, 0.29) is 5.56 Å². The first-order valence-electron chi connectivity index (χ1n) is 7.55. The minimum atomic E-state index is -0.169. The molecule has 0 aliphatic heterocycles. The number of nitrogens with zero attached hydrogens (tertiary/aromatic N) is 2. The van der Waals surface area contributed by atoms with Crippen LogP contribution < -0.4 is 11.3 Å². The van der Waals surface area contributed by atoms with Crippen LogP contribution in [0.2, 0.25) is 5.02 Å². The SMILES string of the molecule is Nc1cc(=O)n(Cc2ccccc2)c2nc3cc(Cl)ccc3cc12. The van der Waals surface area contributed by atoms with Crippen molar-refractivity contribution < 1.29 is 0 Å². The molecule has 0 amide bonds. The number of pyridine rings is 2. The van der Waals surface area contributed by atoms with Crippen LogP contribution >= 0.6 is 11.6 Å². The molecule has 0 spiro atoms. The lowest BCUT2D eigenvalue weighted by atomic mass is 10.1. The molecule has 0 aliphatic rings. The number of aromatic nitrogens is 2. The zero-order valence-electron chi connectivity index (χ0n) is 12.7. The van der Waals surface area contributed by atoms with Crippen molar-refractivity contribution in [2.24, 2.45) is 0 Å². The number of hydrogen-bond donors (Lipinski definition) is 1. The predicted molar refractivity (Wildman–Crippen MR) is 98.5 cm³/mol. The number of anilines is 1. The fourth-order valence-electron chi connectivity index (χ4n) is 2.86. The van der Waals surface area contributed by atoms with Gasteiger partial charge in [0.15, 0.2) is 0 Å². The van der Waals surface area contributed by atoms with Gasteiger partial charge in [0.1, 0.15) is 5.65 Å². The van der Waals surface area contributed by atoms with Gasteiger partial charge in [0, 0.05) is 27.5 Å². The van der Waals surface area contributed by atoms with Crippen molar-refractivity contribution in [3.05, 3.63) is 81.6 Å². The number of halogens is 1. The van der Waals surface area contributed by atoms with Crippen molar-refractivity contribution in [3.63, 3.8) is 0 Å². The van der Waals surface area contributed by atoms with Gasteiger partial charge < -0.3 is 5.73 Å². The average molecular weight is 336 g/mol. The quantitative estimate of drug-likeness (QED) is 0.566. The van der Waals surface area contributed by atoms with Gasteiger partial charge in [-0.15, -0.1) is 0 Å². The molecular formula is C19H14ClN3O. The Kier molecular flexibility index (Phi) is 3.47. The number of nitrogens with two attached hydrogens (primary N) is 1. The van der Waals surface area contributed by atoms with E-state index in [9.17, 15) is 4.79 Å². The van der Waals surface area contributed by atoms with Gasteiger partial charge in [-0.25, -0.2) is 4.98 Å². The molecule has 0 atom stereocenters. The van der Waals surface area contributed by atoms with Gasteiger partial charge in [-0.1, -0.05) is 48.0 Å². The molecule has 24 heavy (non-hydrogen) atoms. The Hall–Kier alpha value is -2.85. The van der Waals surface area contributed by atoms with Crippen molar-refractivity contribution >= 4 is 39.2 Å². The average Bonchev–Trinajstić information content (AvgIpc) is 2.58. The van der Waals surface area contributed by atoms with E-state index in [4.69, 9.17) is 17.3 Å². The highest BCUT2D eigenvalue weighted by atomic mass is 35.5. The van der Waals surface area contributed by atoms with Gasteiger partial charge in [-0.05, 0) is 23.8 Å². The molecule has 0 aliphatic carbocycles. The molecule has 2 aromatic carbocycles. The number of hydrogen-bond acceptors (Lipinski definition) is 3. The molecule has 118 valence electrons. The number of nitrogen functional groups attached to an aromatic ring is 1. The molecule has 4 rings (SSSR count). The molecular weight excluding hydrogens is 322 g/mol. The lowest BCUT2D eigenvalue weighted by Crippen LogP contribution is -2.22. The Morgan fingerprint density at radius 1 is 1.04 bits per heavy atom. The van der Waals surface area contributed by atoms with Gasteiger partial charge >= 0.3 is 0 Å². The first kappa shape index (κ1) is 14.7. The van der Waals surface area contributed by atoms with E-state index in [2.05, 4.69) is 4.98 Å². The molecule has 4 aromatic rings. The largest absolute Gasteiger partial charge is 0.398 e. The summed E-state index contributed by atoms with van der Waals surface area (Å²) in [5, 5.41) is 2.30. The topological polar surface area (TPSA) is 60.9 Å². The minimum absolute atomic E-state index is 0.169. The molecule has 0 bridgehead atoms. The van der Waals surface area contributed by atoms with E-state index in [1.165, 1.54) is 6.07 Å². The zero-order valence-corrected chi connectivity index (χ0v) is 13.5. The highest BCUT2D eigenvalue weighted by Crippen LogP contribution is 2.25. The van der Waals surface area contributed by atoms with E-state index >= 15 is 0 Å². The van der Waals surface area contributed by atoms with E-state index in [1.54, 1.807) is 10.6 Å². The van der Waals surface area contributed by atoms with Crippen LogP contribution in [0.4, 0.5) is 5.69 Å². The van der Waals surface area contributed by atoms with Crippen LogP contribution in [0, 0.1) is 0 Å². The third kappa shape index (κ3) is 2.51. The Labute approximate surface area is 143 Å². The Morgan fingerprint density at radius 3 is 2.62 bits per heavy atom. The van der Waals surface area contributed by atoms with Gasteiger partial charge in [-0.3, -0.25) is 9.36 Å². The minimum Gasteiger partial charge on any atom is -0.398 e. The second kappa shape index (κ2) is 5.65. The third-order valence-corrected chi connectivity index (χ3v) is 4.29. The summed E-state index contributed by atoms with van der Waals surface area (Å²) < 4.78 is 1.64. The summed E-state index contributed by atoms with van der Waals surface area (Å²) in [4.78, 5) is 17.1. The molecule has 2 aromatic heterocycles. The van der Waals surface area contributed by atoms with Crippen molar-refractivity contribution in [1.29, 1.82) is 0 Å².